The molecule has 1 rings (SSSR count). The van der Waals surface area contributed by atoms with Crippen molar-refractivity contribution in [1.29, 1.82) is 0 Å². The van der Waals surface area contributed by atoms with E-state index in [9.17, 15) is 0 Å². The lowest BCUT2D eigenvalue weighted by Crippen LogP contribution is -2.39. The maximum absolute atomic E-state index is 3.64. The monoisotopic (exact) mass is 226 g/mol. The van der Waals surface area contributed by atoms with E-state index in [2.05, 4.69) is 45.0 Å². The van der Waals surface area contributed by atoms with Crippen LogP contribution in [0.2, 0.25) is 0 Å². The van der Waals surface area contributed by atoms with Crippen molar-refractivity contribution < 1.29 is 0 Å². The van der Waals surface area contributed by atoms with Gasteiger partial charge in [0.1, 0.15) is 0 Å². The Morgan fingerprint density at radius 3 is 2.31 bits per heavy atom. The van der Waals surface area contributed by atoms with Crippen LogP contribution in [-0.4, -0.2) is 37.1 Å². The summed E-state index contributed by atoms with van der Waals surface area (Å²) in [7, 11) is 2.25. The first-order valence-electron chi connectivity index (χ1n) is 6.94. The molecule has 1 fully saturated rings. The van der Waals surface area contributed by atoms with Crippen molar-refractivity contribution in [2.24, 2.45) is 11.8 Å². The molecule has 0 bridgehead atoms. The Morgan fingerprint density at radius 1 is 1.19 bits per heavy atom. The Kier molecular flexibility index (Phi) is 5.77. The summed E-state index contributed by atoms with van der Waals surface area (Å²) in [4.78, 5) is 2.48. The molecule has 0 aromatic rings. The second-order valence-electron chi connectivity index (χ2n) is 6.04. The topological polar surface area (TPSA) is 15.3 Å². The third kappa shape index (κ3) is 5.31. The van der Waals surface area contributed by atoms with Gasteiger partial charge in [0.2, 0.25) is 0 Å². The third-order valence-electron chi connectivity index (χ3n) is 3.82. The van der Waals surface area contributed by atoms with E-state index in [1.165, 1.54) is 25.8 Å². The number of rotatable bonds is 8. The zero-order valence-electron chi connectivity index (χ0n) is 11.8. The van der Waals surface area contributed by atoms with Crippen molar-refractivity contribution in [3.05, 3.63) is 0 Å². The molecule has 0 saturated heterocycles. The van der Waals surface area contributed by atoms with E-state index in [0.29, 0.717) is 6.04 Å². The largest absolute Gasteiger partial charge is 0.313 e. The molecule has 2 heteroatoms. The van der Waals surface area contributed by atoms with Crippen LogP contribution in [0.5, 0.6) is 0 Å². The molecular weight excluding hydrogens is 196 g/mol. The first-order chi connectivity index (χ1) is 7.50. The molecule has 0 amide bonds. The first-order valence-corrected chi connectivity index (χ1v) is 6.94. The van der Waals surface area contributed by atoms with E-state index in [4.69, 9.17) is 0 Å². The van der Waals surface area contributed by atoms with Crippen molar-refractivity contribution in [1.82, 2.24) is 10.2 Å². The lowest BCUT2D eigenvalue weighted by molar-refractivity contribution is 0.225. The van der Waals surface area contributed by atoms with Crippen molar-refractivity contribution in [2.45, 2.75) is 59.0 Å². The second-order valence-corrected chi connectivity index (χ2v) is 6.04. The predicted molar refractivity (Wildman–Crippen MR) is 71.7 cm³/mol. The van der Waals surface area contributed by atoms with Gasteiger partial charge in [0.05, 0.1) is 0 Å². The van der Waals surface area contributed by atoms with Gasteiger partial charge in [0.25, 0.3) is 0 Å². The van der Waals surface area contributed by atoms with Crippen LogP contribution in [0.4, 0.5) is 0 Å². The van der Waals surface area contributed by atoms with Crippen molar-refractivity contribution in [3.8, 4) is 0 Å². The van der Waals surface area contributed by atoms with Gasteiger partial charge >= 0.3 is 0 Å². The average molecular weight is 226 g/mol. The Bertz CT molecular complexity index is 187. The van der Waals surface area contributed by atoms with Crippen LogP contribution < -0.4 is 5.32 Å². The van der Waals surface area contributed by atoms with Gasteiger partial charge in [-0.05, 0) is 52.0 Å². The predicted octanol–water partition coefficient (Wildman–Crippen LogP) is 2.74. The lowest BCUT2D eigenvalue weighted by Gasteiger charge is -2.26. The average Bonchev–Trinajstić information content (AvgIpc) is 2.99. The van der Waals surface area contributed by atoms with Crippen LogP contribution in [0, 0.1) is 11.8 Å². The van der Waals surface area contributed by atoms with E-state index in [1.807, 2.05) is 0 Å². The first kappa shape index (κ1) is 14.0. The highest BCUT2D eigenvalue weighted by atomic mass is 15.1. The second kappa shape index (κ2) is 6.61. The quantitative estimate of drug-likeness (QED) is 0.684. The molecule has 0 spiro atoms. The van der Waals surface area contributed by atoms with E-state index < -0.39 is 0 Å². The van der Waals surface area contributed by atoms with Crippen LogP contribution in [0.25, 0.3) is 0 Å². The molecule has 0 heterocycles. The maximum Gasteiger partial charge on any atom is 0.0107 e. The van der Waals surface area contributed by atoms with Crippen LogP contribution in [0.1, 0.15) is 47.0 Å². The zero-order chi connectivity index (χ0) is 12.1. The van der Waals surface area contributed by atoms with Gasteiger partial charge in [-0.3, -0.25) is 0 Å². The molecule has 16 heavy (non-hydrogen) atoms. The van der Waals surface area contributed by atoms with E-state index in [-0.39, 0.29) is 0 Å². The summed E-state index contributed by atoms with van der Waals surface area (Å²) in [6.07, 6.45) is 4.18. The van der Waals surface area contributed by atoms with Gasteiger partial charge in [0.15, 0.2) is 0 Å². The Labute approximate surface area is 102 Å². The molecule has 1 saturated carbocycles. The molecule has 1 N–H and O–H groups in total. The number of hydrogen-bond acceptors (Lipinski definition) is 2. The minimum absolute atomic E-state index is 0.707. The van der Waals surface area contributed by atoms with Gasteiger partial charge < -0.3 is 10.2 Å². The summed E-state index contributed by atoms with van der Waals surface area (Å²) < 4.78 is 0. The molecule has 2 nitrogen and oxygen atoms in total. The highest BCUT2D eigenvalue weighted by Gasteiger charge is 2.27. The van der Waals surface area contributed by atoms with E-state index in [0.717, 1.165) is 24.4 Å². The van der Waals surface area contributed by atoms with Crippen LogP contribution in [0.15, 0.2) is 0 Å². The summed E-state index contributed by atoms with van der Waals surface area (Å²) in [5.41, 5.74) is 0. The fraction of sp³-hybridized carbons (Fsp3) is 1.00. The molecule has 1 aliphatic carbocycles. The lowest BCUT2D eigenvalue weighted by atomic mass is 10.0. The summed E-state index contributed by atoms with van der Waals surface area (Å²) in [5.74, 6) is 1.77. The number of nitrogens with zero attached hydrogens (tertiary/aromatic N) is 1. The number of likely N-dealkylation sites (N-methyl/N-ethyl adjacent to an activating group) is 1. The SMILES string of the molecule is CC(C)CC(C)N(C)CCNC(C)C1CC1. The third-order valence-corrected chi connectivity index (χ3v) is 3.82. The summed E-state index contributed by atoms with van der Waals surface area (Å²) >= 11 is 0. The van der Waals surface area contributed by atoms with E-state index in [1.54, 1.807) is 0 Å². The highest BCUT2D eigenvalue weighted by molar-refractivity contribution is 4.83. The Morgan fingerprint density at radius 2 is 1.81 bits per heavy atom. The Hall–Kier alpha value is -0.0800. The number of hydrogen-bond donors (Lipinski definition) is 1. The summed E-state index contributed by atoms with van der Waals surface area (Å²) in [5, 5.41) is 3.64. The maximum atomic E-state index is 3.64. The van der Waals surface area contributed by atoms with Gasteiger partial charge in [-0.2, -0.15) is 0 Å². The smallest absolute Gasteiger partial charge is 0.0107 e. The van der Waals surface area contributed by atoms with Gasteiger partial charge in [0, 0.05) is 25.2 Å². The van der Waals surface area contributed by atoms with Crippen LogP contribution in [-0.2, 0) is 0 Å². The minimum Gasteiger partial charge on any atom is -0.313 e. The van der Waals surface area contributed by atoms with Crippen molar-refractivity contribution in [2.75, 3.05) is 20.1 Å². The summed E-state index contributed by atoms with van der Waals surface area (Å²) in [6, 6.07) is 1.44. The molecule has 96 valence electrons. The minimum atomic E-state index is 0.707. The molecule has 0 aromatic heterocycles. The van der Waals surface area contributed by atoms with Crippen molar-refractivity contribution in [3.63, 3.8) is 0 Å². The van der Waals surface area contributed by atoms with Gasteiger partial charge in [-0.15, -0.1) is 0 Å². The molecule has 0 aromatic carbocycles. The zero-order valence-corrected chi connectivity index (χ0v) is 11.8. The Balaban J connectivity index is 2.06. The standard InChI is InChI=1S/C14H30N2/c1-11(2)10-12(3)16(5)9-8-15-13(4)14-6-7-14/h11-15H,6-10H2,1-5H3. The molecule has 1 aliphatic rings. The molecule has 2 unspecified atom stereocenters. The highest BCUT2D eigenvalue weighted by Crippen LogP contribution is 2.32. The van der Waals surface area contributed by atoms with E-state index >= 15 is 0 Å². The molecular formula is C14H30N2. The molecule has 0 aliphatic heterocycles. The molecule has 2 atom stereocenters. The number of nitrogens with one attached hydrogen (secondary N) is 1. The fourth-order valence-electron chi connectivity index (χ4n) is 2.31. The molecule has 0 radical (unpaired) electrons. The van der Waals surface area contributed by atoms with Crippen LogP contribution >= 0.6 is 0 Å². The van der Waals surface area contributed by atoms with Crippen molar-refractivity contribution >= 4 is 0 Å². The normalized spacial score (nSPS) is 20.4. The van der Waals surface area contributed by atoms with Gasteiger partial charge in [-0.25, -0.2) is 0 Å². The van der Waals surface area contributed by atoms with Gasteiger partial charge in [-0.1, -0.05) is 13.8 Å². The van der Waals surface area contributed by atoms with Crippen LogP contribution in [0.3, 0.4) is 0 Å². The summed E-state index contributed by atoms with van der Waals surface area (Å²) in [6.45, 7) is 11.6. The fourth-order valence-corrected chi connectivity index (χ4v) is 2.31.